The molecule has 0 amide bonds. The largest absolute Gasteiger partial charge is 0.379 e. The molecule has 0 saturated heterocycles. The highest BCUT2D eigenvalue weighted by Gasteiger charge is 2.06. The van der Waals surface area contributed by atoms with Gasteiger partial charge in [0.05, 0.1) is 0 Å². The van der Waals surface area contributed by atoms with Crippen LogP contribution in [0.4, 0.5) is 5.69 Å². The lowest BCUT2D eigenvalue weighted by Gasteiger charge is -2.17. The minimum atomic E-state index is 0.316. The highest BCUT2D eigenvalue weighted by Crippen LogP contribution is 2.23. The summed E-state index contributed by atoms with van der Waals surface area (Å²) < 4.78 is 0. The van der Waals surface area contributed by atoms with E-state index in [0.29, 0.717) is 12.0 Å². The molecular weight excluding hydrogens is 262 g/mol. The Balaban J connectivity index is 2.04. The van der Waals surface area contributed by atoms with Gasteiger partial charge in [-0.05, 0) is 54.5 Å². The highest BCUT2D eigenvalue weighted by molar-refractivity contribution is 7.98. The number of benzene rings is 2. The van der Waals surface area contributed by atoms with Gasteiger partial charge in [0.15, 0.2) is 0 Å². The van der Waals surface area contributed by atoms with E-state index >= 15 is 0 Å². The Morgan fingerprint density at radius 2 is 1.35 bits per heavy atom. The average molecular weight is 285 g/mol. The zero-order chi connectivity index (χ0) is 14.5. The number of rotatable bonds is 5. The molecule has 2 rings (SSSR count). The van der Waals surface area contributed by atoms with Crippen LogP contribution < -0.4 is 5.32 Å². The van der Waals surface area contributed by atoms with Crippen molar-refractivity contribution in [3.05, 3.63) is 59.7 Å². The maximum absolute atomic E-state index is 3.55. The third-order valence-corrected chi connectivity index (χ3v) is 4.32. The van der Waals surface area contributed by atoms with Crippen molar-refractivity contribution >= 4 is 17.4 Å². The van der Waals surface area contributed by atoms with Gasteiger partial charge in [0, 0.05) is 16.6 Å². The molecule has 106 valence electrons. The van der Waals surface area contributed by atoms with Gasteiger partial charge in [-0.1, -0.05) is 38.1 Å². The summed E-state index contributed by atoms with van der Waals surface area (Å²) in [4.78, 5) is 1.31. The minimum Gasteiger partial charge on any atom is -0.379 e. The maximum atomic E-state index is 3.55. The van der Waals surface area contributed by atoms with Crippen molar-refractivity contribution in [3.63, 3.8) is 0 Å². The number of hydrogen-bond acceptors (Lipinski definition) is 2. The van der Waals surface area contributed by atoms with Crippen LogP contribution in [0.1, 0.15) is 43.9 Å². The first-order valence-corrected chi connectivity index (χ1v) is 8.33. The summed E-state index contributed by atoms with van der Waals surface area (Å²) in [6.45, 7) is 6.64. The smallest absolute Gasteiger partial charge is 0.0485 e. The molecule has 1 atom stereocenters. The lowest BCUT2D eigenvalue weighted by molar-refractivity contribution is 0.862. The Bertz CT molecular complexity index is 528. The SMILES string of the molecule is CSc1ccc(C(C)Nc2ccc(C(C)C)cc2)cc1. The summed E-state index contributed by atoms with van der Waals surface area (Å²) in [5, 5.41) is 3.55. The molecule has 20 heavy (non-hydrogen) atoms. The van der Waals surface area contributed by atoms with Crippen molar-refractivity contribution in [2.24, 2.45) is 0 Å². The zero-order valence-corrected chi connectivity index (χ0v) is 13.5. The van der Waals surface area contributed by atoms with Crippen molar-refractivity contribution in [1.82, 2.24) is 0 Å². The highest BCUT2D eigenvalue weighted by atomic mass is 32.2. The molecular formula is C18H23NS. The summed E-state index contributed by atoms with van der Waals surface area (Å²) in [6, 6.07) is 17.8. The lowest BCUT2D eigenvalue weighted by atomic mass is 10.0. The monoisotopic (exact) mass is 285 g/mol. The summed E-state index contributed by atoms with van der Waals surface area (Å²) in [5.74, 6) is 0.584. The van der Waals surface area contributed by atoms with Crippen LogP contribution in [0.2, 0.25) is 0 Å². The fourth-order valence-corrected chi connectivity index (χ4v) is 2.60. The number of anilines is 1. The second-order valence-electron chi connectivity index (χ2n) is 5.42. The molecule has 0 aromatic heterocycles. The molecule has 0 aliphatic heterocycles. The topological polar surface area (TPSA) is 12.0 Å². The first-order valence-electron chi connectivity index (χ1n) is 7.10. The summed E-state index contributed by atoms with van der Waals surface area (Å²) >= 11 is 1.78. The van der Waals surface area contributed by atoms with Crippen LogP contribution in [0.15, 0.2) is 53.4 Å². The van der Waals surface area contributed by atoms with Gasteiger partial charge in [-0.2, -0.15) is 0 Å². The average Bonchev–Trinajstić information content (AvgIpc) is 2.48. The molecule has 0 spiro atoms. The van der Waals surface area contributed by atoms with E-state index in [0.717, 1.165) is 0 Å². The maximum Gasteiger partial charge on any atom is 0.0485 e. The van der Waals surface area contributed by atoms with E-state index in [4.69, 9.17) is 0 Å². The van der Waals surface area contributed by atoms with Gasteiger partial charge >= 0.3 is 0 Å². The standard InChI is InChI=1S/C18H23NS/c1-13(2)15-5-9-17(10-6-15)19-14(3)16-7-11-18(20-4)12-8-16/h5-14,19H,1-4H3. The summed E-state index contributed by atoms with van der Waals surface area (Å²) in [5.41, 5.74) is 3.87. The Kier molecular flexibility index (Phi) is 5.13. The van der Waals surface area contributed by atoms with Crippen molar-refractivity contribution < 1.29 is 0 Å². The molecule has 1 nitrogen and oxygen atoms in total. The molecule has 0 saturated carbocycles. The summed E-state index contributed by atoms with van der Waals surface area (Å²) in [6.07, 6.45) is 2.10. The molecule has 0 heterocycles. The third kappa shape index (κ3) is 3.80. The minimum absolute atomic E-state index is 0.316. The van der Waals surface area contributed by atoms with Crippen molar-refractivity contribution in [2.45, 2.75) is 37.6 Å². The van der Waals surface area contributed by atoms with Crippen LogP contribution in [0.25, 0.3) is 0 Å². The molecule has 2 heteroatoms. The molecule has 0 radical (unpaired) electrons. The number of thioether (sulfide) groups is 1. The molecule has 0 aliphatic rings. The molecule has 0 bridgehead atoms. The molecule has 2 aromatic rings. The van der Waals surface area contributed by atoms with Crippen LogP contribution in [0.3, 0.4) is 0 Å². The fraction of sp³-hybridized carbons (Fsp3) is 0.333. The van der Waals surface area contributed by atoms with Crippen LogP contribution in [-0.4, -0.2) is 6.26 Å². The quantitative estimate of drug-likeness (QED) is 0.707. The van der Waals surface area contributed by atoms with Crippen LogP contribution in [0, 0.1) is 0 Å². The predicted molar refractivity (Wildman–Crippen MR) is 90.8 cm³/mol. The predicted octanol–water partition coefficient (Wildman–Crippen LogP) is 5.71. The van der Waals surface area contributed by atoms with E-state index in [1.54, 1.807) is 11.8 Å². The van der Waals surface area contributed by atoms with Crippen LogP contribution in [0.5, 0.6) is 0 Å². The normalized spacial score (nSPS) is 12.4. The van der Waals surface area contributed by atoms with Crippen LogP contribution in [-0.2, 0) is 0 Å². The van der Waals surface area contributed by atoms with E-state index in [2.05, 4.69) is 80.9 Å². The van der Waals surface area contributed by atoms with Gasteiger partial charge in [0.1, 0.15) is 0 Å². The Morgan fingerprint density at radius 3 is 1.85 bits per heavy atom. The first kappa shape index (κ1) is 15.0. The number of nitrogens with one attached hydrogen (secondary N) is 1. The van der Waals surface area contributed by atoms with E-state index in [1.807, 2.05) is 0 Å². The van der Waals surface area contributed by atoms with Crippen molar-refractivity contribution in [3.8, 4) is 0 Å². The van der Waals surface area contributed by atoms with Gasteiger partial charge < -0.3 is 5.32 Å². The van der Waals surface area contributed by atoms with E-state index in [1.165, 1.54) is 21.7 Å². The second-order valence-corrected chi connectivity index (χ2v) is 6.30. The lowest BCUT2D eigenvalue weighted by Crippen LogP contribution is -2.06. The second kappa shape index (κ2) is 6.85. The Labute approximate surface area is 126 Å². The Morgan fingerprint density at radius 1 is 0.800 bits per heavy atom. The zero-order valence-electron chi connectivity index (χ0n) is 12.7. The summed E-state index contributed by atoms with van der Waals surface area (Å²) in [7, 11) is 0. The molecule has 1 unspecified atom stereocenters. The van der Waals surface area contributed by atoms with Gasteiger partial charge in [0.2, 0.25) is 0 Å². The van der Waals surface area contributed by atoms with Gasteiger partial charge in [0.25, 0.3) is 0 Å². The number of hydrogen-bond donors (Lipinski definition) is 1. The van der Waals surface area contributed by atoms with E-state index < -0.39 is 0 Å². The fourth-order valence-electron chi connectivity index (χ4n) is 2.19. The Hall–Kier alpha value is -1.41. The van der Waals surface area contributed by atoms with E-state index in [9.17, 15) is 0 Å². The molecule has 0 fully saturated rings. The molecule has 1 N–H and O–H groups in total. The first-order chi connectivity index (χ1) is 9.60. The van der Waals surface area contributed by atoms with Crippen molar-refractivity contribution in [1.29, 1.82) is 0 Å². The van der Waals surface area contributed by atoms with E-state index in [-0.39, 0.29) is 0 Å². The van der Waals surface area contributed by atoms with Gasteiger partial charge in [-0.3, -0.25) is 0 Å². The third-order valence-electron chi connectivity index (χ3n) is 3.58. The van der Waals surface area contributed by atoms with Crippen LogP contribution >= 0.6 is 11.8 Å². The van der Waals surface area contributed by atoms with Gasteiger partial charge in [-0.15, -0.1) is 11.8 Å². The molecule has 2 aromatic carbocycles. The van der Waals surface area contributed by atoms with Crippen molar-refractivity contribution in [2.75, 3.05) is 11.6 Å². The van der Waals surface area contributed by atoms with Gasteiger partial charge in [-0.25, -0.2) is 0 Å². The molecule has 0 aliphatic carbocycles.